The van der Waals surface area contributed by atoms with Crippen molar-refractivity contribution in [2.75, 3.05) is 19.3 Å². The van der Waals surface area contributed by atoms with Gasteiger partial charge in [0.25, 0.3) is 10.2 Å². The van der Waals surface area contributed by atoms with E-state index in [9.17, 15) is 17.4 Å². The molecule has 112 valence electrons. The molecule has 0 aliphatic carbocycles. The van der Waals surface area contributed by atoms with E-state index in [4.69, 9.17) is 5.11 Å². The number of hydrogen-bond donors (Lipinski definition) is 2. The summed E-state index contributed by atoms with van der Waals surface area (Å²) in [6, 6.07) is -1.01. The van der Waals surface area contributed by atoms with Crippen LogP contribution in [-0.4, -0.2) is 58.6 Å². The fourth-order valence-electron chi connectivity index (χ4n) is 1.86. The van der Waals surface area contributed by atoms with Gasteiger partial charge in [-0.2, -0.15) is 12.7 Å². The zero-order chi connectivity index (χ0) is 14.6. The van der Waals surface area contributed by atoms with Crippen LogP contribution in [0.3, 0.4) is 0 Å². The fourth-order valence-corrected chi connectivity index (χ4v) is 3.81. The Morgan fingerprint density at radius 3 is 2.68 bits per heavy atom. The smallest absolute Gasteiger partial charge is 0.322 e. The molecule has 0 aromatic carbocycles. The third kappa shape index (κ3) is 4.51. The fraction of sp³-hybridized carbons (Fsp3) is 0.900. The first-order valence-electron chi connectivity index (χ1n) is 6.07. The SMILES string of the molecule is CC(CNS(=O)(=O)N1CCCCC1C(=O)O)S(C)=O. The first-order chi connectivity index (χ1) is 8.75. The molecule has 1 aliphatic rings. The topological polar surface area (TPSA) is 104 Å². The largest absolute Gasteiger partial charge is 0.480 e. The van der Waals surface area contributed by atoms with Crippen LogP contribution in [0.4, 0.5) is 0 Å². The maximum Gasteiger partial charge on any atom is 0.322 e. The molecule has 9 heteroatoms. The summed E-state index contributed by atoms with van der Waals surface area (Å²) >= 11 is 0. The van der Waals surface area contributed by atoms with Crippen LogP contribution in [0.15, 0.2) is 0 Å². The predicted octanol–water partition coefficient (Wildman–Crippen LogP) is -0.473. The van der Waals surface area contributed by atoms with Gasteiger partial charge in [0.1, 0.15) is 6.04 Å². The number of rotatable bonds is 6. The molecule has 1 fully saturated rings. The Morgan fingerprint density at radius 2 is 2.16 bits per heavy atom. The van der Waals surface area contributed by atoms with Crippen molar-refractivity contribution < 1.29 is 22.5 Å². The van der Waals surface area contributed by atoms with Crippen LogP contribution < -0.4 is 4.72 Å². The molecule has 2 N–H and O–H groups in total. The van der Waals surface area contributed by atoms with Gasteiger partial charge in [0, 0.05) is 35.4 Å². The van der Waals surface area contributed by atoms with Gasteiger partial charge < -0.3 is 5.11 Å². The molecule has 7 nitrogen and oxygen atoms in total. The maximum atomic E-state index is 12.1. The van der Waals surface area contributed by atoms with E-state index in [1.165, 1.54) is 6.26 Å². The second-order valence-electron chi connectivity index (χ2n) is 4.62. The summed E-state index contributed by atoms with van der Waals surface area (Å²) in [5.41, 5.74) is 0. The van der Waals surface area contributed by atoms with E-state index in [1.54, 1.807) is 6.92 Å². The Balaban J connectivity index is 2.74. The summed E-state index contributed by atoms with van der Waals surface area (Å²) in [5.74, 6) is -1.13. The second-order valence-corrected chi connectivity index (χ2v) is 8.13. The average molecular weight is 312 g/mol. The molecule has 1 aliphatic heterocycles. The number of aliphatic carboxylic acids is 1. The van der Waals surface area contributed by atoms with Gasteiger partial charge in [0.2, 0.25) is 0 Å². The first-order valence-corrected chi connectivity index (χ1v) is 9.13. The molecule has 0 saturated carbocycles. The van der Waals surface area contributed by atoms with E-state index in [-0.39, 0.29) is 18.3 Å². The molecule has 3 atom stereocenters. The van der Waals surface area contributed by atoms with Crippen molar-refractivity contribution in [2.45, 2.75) is 37.5 Å². The Kier molecular flexibility index (Phi) is 5.90. The van der Waals surface area contributed by atoms with Crippen molar-refractivity contribution in [3.05, 3.63) is 0 Å². The van der Waals surface area contributed by atoms with Crippen LogP contribution in [0.25, 0.3) is 0 Å². The normalized spacial score (nSPS) is 24.8. The Hall–Kier alpha value is -0.510. The lowest BCUT2D eigenvalue weighted by Crippen LogP contribution is -2.53. The number of piperidine rings is 1. The zero-order valence-electron chi connectivity index (χ0n) is 11.0. The van der Waals surface area contributed by atoms with Crippen LogP contribution >= 0.6 is 0 Å². The summed E-state index contributed by atoms with van der Waals surface area (Å²) in [7, 11) is -4.97. The van der Waals surface area contributed by atoms with E-state index in [2.05, 4.69) is 4.72 Å². The van der Waals surface area contributed by atoms with Gasteiger partial charge in [-0.15, -0.1) is 0 Å². The number of nitrogens with one attached hydrogen (secondary N) is 1. The lowest BCUT2D eigenvalue weighted by molar-refractivity contribution is -0.142. The van der Waals surface area contributed by atoms with E-state index in [1.807, 2.05) is 0 Å². The number of hydrogen-bond acceptors (Lipinski definition) is 4. The molecule has 0 bridgehead atoms. The van der Waals surface area contributed by atoms with E-state index >= 15 is 0 Å². The minimum Gasteiger partial charge on any atom is -0.480 e. The Bertz CT molecular complexity index is 451. The molecule has 1 rings (SSSR count). The van der Waals surface area contributed by atoms with Gasteiger partial charge in [-0.3, -0.25) is 9.00 Å². The number of carboxylic acid groups (broad SMARTS) is 1. The van der Waals surface area contributed by atoms with Gasteiger partial charge in [0.15, 0.2) is 0 Å². The summed E-state index contributed by atoms with van der Waals surface area (Å²) < 4.78 is 38.7. The highest BCUT2D eigenvalue weighted by molar-refractivity contribution is 7.87. The van der Waals surface area contributed by atoms with Gasteiger partial charge in [-0.1, -0.05) is 0 Å². The number of carboxylic acids is 1. The zero-order valence-corrected chi connectivity index (χ0v) is 12.7. The lowest BCUT2D eigenvalue weighted by atomic mass is 10.1. The minimum atomic E-state index is -3.84. The summed E-state index contributed by atoms with van der Waals surface area (Å²) in [6.07, 6.45) is 3.18. The van der Waals surface area contributed by atoms with E-state index in [0.29, 0.717) is 19.3 Å². The molecular weight excluding hydrogens is 292 g/mol. The lowest BCUT2D eigenvalue weighted by Gasteiger charge is -2.32. The molecule has 0 radical (unpaired) electrons. The third-order valence-electron chi connectivity index (χ3n) is 3.17. The molecule has 0 aromatic rings. The molecule has 1 heterocycles. The number of carbonyl (C=O) groups is 1. The number of nitrogens with zero attached hydrogens (tertiary/aromatic N) is 1. The van der Waals surface area contributed by atoms with Crippen LogP contribution in [0.5, 0.6) is 0 Å². The maximum absolute atomic E-state index is 12.1. The third-order valence-corrected chi connectivity index (χ3v) is 6.05. The van der Waals surface area contributed by atoms with Crippen molar-refractivity contribution in [3.8, 4) is 0 Å². The molecule has 19 heavy (non-hydrogen) atoms. The van der Waals surface area contributed by atoms with Crippen molar-refractivity contribution in [3.63, 3.8) is 0 Å². The Morgan fingerprint density at radius 1 is 1.53 bits per heavy atom. The highest BCUT2D eigenvalue weighted by Gasteiger charge is 2.36. The van der Waals surface area contributed by atoms with Crippen molar-refractivity contribution in [2.24, 2.45) is 0 Å². The van der Waals surface area contributed by atoms with Crippen LogP contribution in [0, 0.1) is 0 Å². The van der Waals surface area contributed by atoms with Crippen molar-refractivity contribution in [1.82, 2.24) is 9.03 Å². The standard InChI is InChI=1S/C10H20N2O5S2/c1-8(18(2)15)7-11-19(16,17)12-6-4-3-5-9(12)10(13)14/h8-9,11H,3-7H2,1-2H3,(H,13,14). The summed E-state index contributed by atoms with van der Waals surface area (Å²) in [5, 5.41) is 8.74. The highest BCUT2D eigenvalue weighted by Crippen LogP contribution is 2.19. The monoisotopic (exact) mass is 312 g/mol. The Labute approximate surface area is 116 Å². The molecular formula is C10H20N2O5S2. The van der Waals surface area contributed by atoms with Gasteiger partial charge >= 0.3 is 5.97 Å². The van der Waals surface area contributed by atoms with Gasteiger partial charge in [-0.05, 0) is 26.2 Å². The quantitative estimate of drug-likeness (QED) is 0.690. The molecule has 3 unspecified atom stereocenters. The van der Waals surface area contributed by atoms with Crippen LogP contribution in [0.2, 0.25) is 0 Å². The predicted molar refractivity (Wildman–Crippen MR) is 72.4 cm³/mol. The minimum absolute atomic E-state index is 0.0360. The molecule has 0 spiro atoms. The van der Waals surface area contributed by atoms with Crippen LogP contribution in [-0.2, 0) is 25.8 Å². The van der Waals surface area contributed by atoms with Crippen molar-refractivity contribution >= 4 is 27.0 Å². The van der Waals surface area contributed by atoms with E-state index in [0.717, 1.165) is 4.31 Å². The van der Waals surface area contributed by atoms with Gasteiger partial charge in [-0.25, -0.2) is 4.72 Å². The average Bonchev–Trinajstić information content (AvgIpc) is 2.35. The second kappa shape index (κ2) is 6.78. The molecule has 0 aromatic heterocycles. The summed E-state index contributed by atoms with van der Waals surface area (Å²) in [6.45, 7) is 1.91. The summed E-state index contributed by atoms with van der Waals surface area (Å²) in [4.78, 5) is 11.1. The van der Waals surface area contributed by atoms with Crippen molar-refractivity contribution in [1.29, 1.82) is 0 Å². The molecule has 0 amide bonds. The van der Waals surface area contributed by atoms with E-state index < -0.39 is 33.0 Å². The first kappa shape index (κ1) is 16.5. The highest BCUT2D eigenvalue weighted by atomic mass is 32.2. The van der Waals surface area contributed by atoms with Crippen LogP contribution in [0.1, 0.15) is 26.2 Å². The van der Waals surface area contributed by atoms with Gasteiger partial charge in [0.05, 0.1) is 0 Å². The molecule has 1 saturated heterocycles.